The summed E-state index contributed by atoms with van der Waals surface area (Å²) in [5, 5.41) is 0. The van der Waals surface area contributed by atoms with E-state index in [1.807, 2.05) is 41.3 Å². The van der Waals surface area contributed by atoms with Gasteiger partial charge >= 0.3 is 0 Å². The lowest BCUT2D eigenvalue weighted by Gasteiger charge is -2.30. The number of hydrogen-bond acceptors (Lipinski definition) is 4. The average Bonchev–Trinajstić information content (AvgIpc) is 3.15. The molecule has 2 aromatic rings. The number of halogens is 1. The van der Waals surface area contributed by atoms with Crippen molar-refractivity contribution in [2.24, 2.45) is 11.7 Å². The molecule has 0 radical (unpaired) electrons. The molecule has 2 aliphatic rings. The molecular formula is C21H24ClN3O3. The number of nitrogens with two attached hydrogens (primary N) is 1. The normalized spacial score (nSPS) is 21.0. The SMILES string of the molecule is Cl.NC[C@@H]1CN(C(=O)CN2C(=O)COc3ccccc32)C[C@H]1c1ccccc1. The maximum atomic E-state index is 13.0. The number of ether oxygens (including phenoxy) is 1. The molecular weight excluding hydrogens is 378 g/mol. The van der Waals surface area contributed by atoms with Crippen LogP contribution in [0.2, 0.25) is 0 Å². The third kappa shape index (κ3) is 3.84. The van der Waals surface area contributed by atoms with Crippen LogP contribution in [0.4, 0.5) is 5.69 Å². The second-order valence-corrected chi connectivity index (χ2v) is 7.05. The van der Waals surface area contributed by atoms with E-state index in [0.717, 1.165) is 0 Å². The van der Waals surface area contributed by atoms with Crippen LogP contribution in [0.3, 0.4) is 0 Å². The number of anilines is 1. The third-order valence-electron chi connectivity index (χ3n) is 5.43. The Morgan fingerprint density at radius 3 is 2.54 bits per heavy atom. The van der Waals surface area contributed by atoms with Crippen molar-refractivity contribution in [3.8, 4) is 5.75 Å². The molecule has 28 heavy (non-hydrogen) atoms. The van der Waals surface area contributed by atoms with Crippen molar-refractivity contribution in [1.29, 1.82) is 0 Å². The summed E-state index contributed by atoms with van der Waals surface area (Å²) < 4.78 is 5.45. The smallest absolute Gasteiger partial charge is 0.265 e. The Labute approximate surface area is 170 Å². The fraction of sp³-hybridized carbons (Fsp3) is 0.333. The molecule has 2 atom stereocenters. The highest BCUT2D eigenvalue weighted by molar-refractivity contribution is 6.02. The highest BCUT2D eigenvalue weighted by Gasteiger charge is 2.37. The fourth-order valence-corrected chi connectivity index (χ4v) is 3.95. The van der Waals surface area contributed by atoms with Gasteiger partial charge in [-0.15, -0.1) is 12.4 Å². The van der Waals surface area contributed by atoms with Gasteiger partial charge in [0.2, 0.25) is 5.91 Å². The van der Waals surface area contributed by atoms with E-state index >= 15 is 0 Å². The maximum absolute atomic E-state index is 13.0. The Kier molecular flexibility index (Phi) is 6.21. The van der Waals surface area contributed by atoms with Crippen molar-refractivity contribution in [3.05, 3.63) is 60.2 Å². The van der Waals surface area contributed by atoms with Crippen LogP contribution in [0.15, 0.2) is 54.6 Å². The van der Waals surface area contributed by atoms with Crippen molar-refractivity contribution in [2.75, 3.05) is 37.7 Å². The number of likely N-dealkylation sites (tertiary alicyclic amines) is 1. The minimum atomic E-state index is -0.198. The summed E-state index contributed by atoms with van der Waals surface area (Å²) in [6.07, 6.45) is 0. The van der Waals surface area contributed by atoms with E-state index < -0.39 is 0 Å². The zero-order valence-corrected chi connectivity index (χ0v) is 16.3. The summed E-state index contributed by atoms with van der Waals surface area (Å²) in [5.41, 5.74) is 7.83. The first-order valence-corrected chi connectivity index (χ1v) is 9.22. The standard InChI is InChI=1S/C21H23N3O3.ClH/c22-10-16-11-23(12-17(16)15-6-2-1-3-7-15)20(25)13-24-18-8-4-5-9-19(18)27-14-21(24)26;/h1-9,16-17H,10-14,22H2;1H/t16-,17+;/m1./s1. The van der Waals surface area contributed by atoms with Gasteiger partial charge in [0.15, 0.2) is 6.61 Å². The van der Waals surface area contributed by atoms with Gasteiger partial charge in [0, 0.05) is 19.0 Å². The van der Waals surface area contributed by atoms with Gasteiger partial charge in [0.05, 0.1) is 5.69 Å². The predicted molar refractivity (Wildman–Crippen MR) is 110 cm³/mol. The number of nitrogens with zero attached hydrogens (tertiary/aromatic N) is 2. The van der Waals surface area contributed by atoms with Crippen LogP contribution in [0.1, 0.15) is 11.5 Å². The van der Waals surface area contributed by atoms with E-state index in [2.05, 4.69) is 12.1 Å². The number of rotatable bonds is 4. The lowest BCUT2D eigenvalue weighted by molar-refractivity contribution is -0.131. The average molecular weight is 402 g/mol. The molecule has 6 nitrogen and oxygen atoms in total. The van der Waals surface area contributed by atoms with Gasteiger partial charge in [-0.2, -0.15) is 0 Å². The van der Waals surface area contributed by atoms with Crippen LogP contribution in [-0.2, 0) is 9.59 Å². The van der Waals surface area contributed by atoms with Gasteiger partial charge in [-0.05, 0) is 30.2 Å². The lowest BCUT2D eigenvalue weighted by atomic mass is 9.89. The first-order chi connectivity index (χ1) is 13.2. The van der Waals surface area contributed by atoms with E-state index in [-0.39, 0.29) is 49.2 Å². The van der Waals surface area contributed by atoms with Gasteiger partial charge in [-0.25, -0.2) is 0 Å². The lowest BCUT2D eigenvalue weighted by Crippen LogP contribution is -2.46. The maximum Gasteiger partial charge on any atom is 0.265 e. The van der Waals surface area contributed by atoms with Crippen LogP contribution in [0, 0.1) is 5.92 Å². The quantitative estimate of drug-likeness (QED) is 0.850. The molecule has 0 unspecified atom stereocenters. The Balaban J connectivity index is 0.00000225. The van der Waals surface area contributed by atoms with Crippen LogP contribution < -0.4 is 15.4 Å². The summed E-state index contributed by atoms with van der Waals surface area (Å²) in [7, 11) is 0. The van der Waals surface area contributed by atoms with Crippen molar-refractivity contribution < 1.29 is 14.3 Å². The molecule has 0 saturated carbocycles. The molecule has 0 bridgehead atoms. The molecule has 1 saturated heterocycles. The highest BCUT2D eigenvalue weighted by Crippen LogP contribution is 2.34. The first kappa shape index (κ1) is 20.2. The monoisotopic (exact) mass is 401 g/mol. The van der Waals surface area contributed by atoms with E-state index in [4.69, 9.17) is 10.5 Å². The zero-order valence-electron chi connectivity index (χ0n) is 15.5. The van der Waals surface area contributed by atoms with Crippen LogP contribution in [0.5, 0.6) is 5.75 Å². The van der Waals surface area contributed by atoms with E-state index in [9.17, 15) is 9.59 Å². The number of benzene rings is 2. The van der Waals surface area contributed by atoms with Gasteiger partial charge < -0.3 is 15.4 Å². The topological polar surface area (TPSA) is 75.9 Å². The molecule has 2 aliphatic heterocycles. The predicted octanol–water partition coefficient (Wildman–Crippen LogP) is 2.03. The van der Waals surface area contributed by atoms with Gasteiger partial charge in [0.25, 0.3) is 5.91 Å². The Morgan fingerprint density at radius 1 is 1.07 bits per heavy atom. The van der Waals surface area contributed by atoms with Gasteiger partial charge in [-0.1, -0.05) is 42.5 Å². The van der Waals surface area contributed by atoms with Crippen LogP contribution in [-0.4, -0.2) is 49.5 Å². The Bertz CT molecular complexity index is 846. The highest BCUT2D eigenvalue weighted by atomic mass is 35.5. The number of amides is 2. The Hall–Kier alpha value is -2.57. The van der Waals surface area contributed by atoms with Crippen LogP contribution in [0.25, 0.3) is 0 Å². The second-order valence-electron chi connectivity index (χ2n) is 7.05. The molecule has 1 fully saturated rings. The number of carbonyl (C=O) groups excluding carboxylic acids is 2. The number of hydrogen-bond donors (Lipinski definition) is 1. The second kappa shape index (κ2) is 8.63. The van der Waals surface area contributed by atoms with Gasteiger partial charge in [-0.3, -0.25) is 14.5 Å². The molecule has 2 N–H and O–H groups in total. The van der Waals surface area contributed by atoms with Crippen molar-refractivity contribution >= 4 is 29.9 Å². The van der Waals surface area contributed by atoms with Crippen molar-refractivity contribution in [2.45, 2.75) is 5.92 Å². The van der Waals surface area contributed by atoms with Crippen molar-refractivity contribution in [1.82, 2.24) is 4.90 Å². The van der Waals surface area contributed by atoms with E-state index in [1.165, 1.54) is 10.5 Å². The van der Waals surface area contributed by atoms with Gasteiger partial charge in [0.1, 0.15) is 12.3 Å². The number of fused-ring (bicyclic) bond motifs is 1. The van der Waals surface area contributed by atoms with E-state index in [1.54, 1.807) is 6.07 Å². The minimum Gasteiger partial charge on any atom is -0.482 e. The third-order valence-corrected chi connectivity index (χ3v) is 5.43. The summed E-state index contributed by atoms with van der Waals surface area (Å²) in [4.78, 5) is 28.6. The molecule has 0 aliphatic carbocycles. The molecule has 2 aromatic carbocycles. The summed E-state index contributed by atoms with van der Waals surface area (Å²) in [6.45, 7) is 1.77. The molecule has 7 heteroatoms. The molecule has 0 aromatic heterocycles. The first-order valence-electron chi connectivity index (χ1n) is 9.22. The summed E-state index contributed by atoms with van der Waals surface area (Å²) in [6, 6.07) is 17.5. The molecule has 2 amide bonds. The fourth-order valence-electron chi connectivity index (χ4n) is 3.95. The molecule has 4 rings (SSSR count). The molecule has 148 valence electrons. The Morgan fingerprint density at radius 2 is 1.79 bits per heavy atom. The number of para-hydroxylation sites is 2. The summed E-state index contributed by atoms with van der Waals surface area (Å²) >= 11 is 0. The largest absolute Gasteiger partial charge is 0.482 e. The van der Waals surface area contributed by atoms with E-state index in [0.29, 0.717) is 31.1 Å². The van der Waals surface area contributed by atoms with Crippen LogP contribution >= 0.6 is 12.4 Å². The number of carbonyl (C=O) groups is 2. The minimum absolute atomic E-state index is 0. The zero-order chi connectivity index (χ0) is 18.8. The van der Waals surface area contributed by atoms with Crippen molar-refractivity contribution in [3.63, 3.8) is 0 Å². The molecule has 2 heterocycles. The summed E-state index contributed by atoms with van der Waals surface area (Å²) in [5.74, 6) is 0.832. The molecule has 0 spiro atoms.